The smallest absolute Gasteiger partial charge is 0.125 e. The topological polar surface area (TPSA) is 55.6 Å². The minimum atomic E-state index is 0.751. The molecule has 0 saturated heterocycles. The van der Waals surface area contributed by atoms with Gasteiger partial charge in [-0.2, -0.15) is 5.10 Å². The molecule has 0 aliphatic rings. The highest BCUT2D eigenvalue weighted by Crippen LogP contribution is 2.07. The van der Waals surface area contributed by atoms with Gasteiger partial charge in [0.05, 0.1) is 11.4 Å². The third-order valence-electron chi connectivity index (χ3n) is 2.78. The van der Waals surface area contributed by atoms with Crippen LogP contribution < -0.4 is 5.32 Å². The highest BCUT2D eigenvalue weighted by Gasteiger charge is 2.05. The molecule has 0 unspecified atom stereocenters. The molecular weight excluding hydrogens is 226 g/mol. The molecule has 5 nitrogen and oxygen atoms in total. The second-order valence-electron chi connectivity index (χ2n) is 4.33. The average Bonchev–Trinajstić information content (AvgIpc) is 2.70. The molecule has 2 rings (SSSR count). The Morgan fingerprint density at radius 3 is 2.89 bits per heavy atom. The van der Waals surface area contributed by atoms with Crippen molar-refractivity contribution >= 4 is 0 Å². The summed E-state index contributed by atoms with van der Waals surface area (Å²) in [6.45, 7) is 5.60. The van der Waals surface area contributed by atoms with Crippen LogP contribution in [0.5, 0.6) is 0 Å². The number of aryl methyl sites for hydroxylation is 3. The first-order valence-corrected chi connectivity index (χ1v) is 6.19. The van der Waals surface area contributed by atoms with E-state index in [4.69, 9.17) is 0 Å². The molecule has 0 saturated carbocycles. The van der Waals surface area contributed by atoms with Gasteiger partial charge in [-0.05, 0) is 19.4 Å². The van der Waals surface area contributed by atoms with E-state index < -0.39 is 0 Å². The lowest BCUT2D eigenvalue weighted by atomic mass is 10.2. The molecular formula is C13H19N5. The van der Waals surface area contributed by atoms with Crippen LogP contribution in [0.15, 0.2) is 18.5 Å². The molecule has 96 valence electrons. The van der Waals surface area contributed by atoms with Gasteiger partial charge < -0.3 is 5.32 Å². The Balaban J connectivity index is 1.92. The van der Waals surface area contributed by atoms with E-state index in [1.165, 1.54) is 5.56 Å². The minimum Gasteiger partial charge on any atom is -0.307 e. The molecule has 2 heterocycles. The zero-order valence-corrected chi connectivity index (χ0v) is 11.1. The first-order valence-electron chi connectivity index (χ1n) is 6.19. The fourth-order valence-corrected chi connectivity index (χ4v) is 1.96. The lowest BCUT2D eigenvalue weighted by molar-refractivity contribution is 0.671. The van der Waals surface area contributed by atoms with E-state index >= 15 is 0 Å². The molecule has 0 bridgehead atoms. The maximum Gasteiger partial charge on any atom is 0.125 e. The summed E-state index contributed by atoms with van der Waals surface area (Å²) >= 11 is 0. The summed E-state index contributed by atoms with van der Waals surface area (Å²) in [6.07, 6.45) is 4.82. The Morgan fingerprint density at radius 2 is 2.17 bits per heavy atom. The van der Waals surface area contributed by atoms with Crippen LogP contribution in [0.1, 0.15) is 29.7 Å². The third-order valence-corrected chi connectivity index (χ3v) is 2.78. The van der Waals surface area contributed by atoms with Crippen molar-refractivity contribution in [1.29, 1.82) is 0 Å². The zero-order chi connectivity index (χ0) is 13.0. The van der Waals surface area contributed by atoms with Crippen LogP contribution in [0.25, 0.3) is 0 Å². The lowest BCUT2D eigenvalue weighted by Gasteiger charge is -2.04. The molecule has 2 aromatic rings. The van der Waals surface area contributed by atoms with E-state index in [0.717, 1.165) is 36.7 Å². The fourth-order valence-electron chi connectivity index (χ4n) is 1.96. The Hall–Kier alpha value is -1.75. The quantitative estimate of drug-likeness (QED) is 0.864. The van der Waals surface area contributed by atoms with E-state index in [1.807, 2.05) is 24.7 Å². The predicted octanol–water partition coefficient (Wildman–Crippen LogP) is 1.37. The van der Waals surface area contributed by atoms with Crippen LogP contribution >= 0.6 is 0 Å². The summed E-state index contributed by atoms with van der Waals surface area (Å²) in [6, 6.07) is 1.93. The van der Waals surface area contributed by atoms with E-state index in [-0.39, 0.29) is 0 Å². The number of hydrogen-bond acceptors (Lipinski definition) is 4. The molecule has 2 aromatic heterocycles. The highest BCUT2D eigenvalue weighted by molar-refractivity contribution is 5.16. The number of hydrogen-bond donors (Lipinski definition) is 1. The van der Waals surface area contributed by atoms with Crippen LogP contribution in [-0.2, 0) is 26.6 Å². The predicted molar refractivity (Wildman–Crippen MR) is 69.9 cm³/mol. The molecule has 0 aliphatic carbocycles. The van der Waals surface area contributed by atoms with Gasteiger partial charge in [-0.25, -0.2) is 9.97 Å². The summed E-state index contributed by atoms with van der Waals surface area (Å²) in [5.41, 5.74) is 3.43. The number of nitrogens with one attached hydrogen (secondary N) is 1. The summed E-state index contributed by atoms with van der Waals surface area (Å²) in [5, 5.41) is 7.81. The van der Waals surface area contributed by atoms with Crippen LogP contribution in [0.2, 0.25) is 0 Å². The van der Waals surface area contributed by atoms with Crippen LogP contribution in [0.3, 0.4) is 0 Å². The van der Waals surface area contributed by atoms with Gasteiger partial charge in [0.15, 0.2) is 0 Å². The normalized spacial score (nSPS) is 10.8. The Bertz CT molecular complexity index is 518. The van der Waals surface area contributed by atoms with Crippen molar-refractivity contribution < 1.29 is 0 Å². The van der Waals surface area contributed by atoms with E-state index in [0.29, 0.717) is 0 Å². The monoisotopic (exact) mass is 245 g/mol. The van der Waals surface area contributed by atoms with E-state index in [9.17, 15) is 0 Å². The van der Waals surface area contributed by atoms with Gasteiger partial charge in [-0.15, -0.1) is 0 Å². The molecule has 18 heavy (non-hydrogen) atoms. The molecule has 0 aromatic carbocycles. The van der Waals surface area contributed by atoms with E-state index in [1.54, 1.807) is 6.20 Å². The van der Waals surface area contributed by atoms with Crippen molar-refractivity contribution in [3.63, 3.8) is 0 Å². The van der Waals surface area contributed by atoms with Gasteiger partial charge in [-0.1, -0.05) is 6.92 Å². The maximum absolute atomic E-state index is 4.42. The number of nitrogens with zero attached hydrogens (tertiary/aromatic N) is 4. The number of aromatic nitrogens is 4. The first kappa shape index (κ1) is 12.7. The molecule has 0 atom stereocenters. The fraction of sp³-hybridized carbons (Fsp3) is 0.462. The van der Waals surface area contributed by atoms with Crippen molar-refractivity contribution in [3.8, 4) is 0 Å². The van der Waals surface area contributed by atoms with Gasteiger partial charge >= 0.3 is 0 Å². The Labute approximate surface area is 107 Å². The Morgan fingerprint density at radius 1 is 1.33 bits per heavy atom. The van der Waals surface area contributed by atoms with Crippen molar-refractivity contribution in [2.24, 2.45) is 7.05 Å². The average molecular weight is 245 g/mol. The van der Waals surface area contributed by atoms with Crippen LogP contribution in [0.4, 0.5) is 0 Å². The van der Waals surface area contributed by atoms with Crippen molar-refractivity contribution in [2.45, 2.75) is 33.4 Å². The molecule has 0 amide bonds. The lowest BCUT2D eigenvalue weighted by Crippen LogP contribution is -2.14. The summed E-state index contributed by atoms with van der Waals surface area (Å²) in [7, 11) is 1.95. The molecule has 1 N–H and O–H groups in total. The maximum atomic E-state index is 4.42. The molecule has 5 heteroatoms. The van der Waals surface area contributed by atoms with Crippen LogP contribution in [0, 0.1) is 6.92 Å². The largest absolute Gasteiger partial charge is 0.307 e. The number of rotatable bonds is 5. The summed E-state index contributed by atoms with van der Waals surface area (Å²) < 4.78 is 1.87. The van der Waals surface area contributed by atoms with Crippen molar-refractivity contribution in [2.75, 3.05) is 0 Å². The van der Waals surface area contributed by atoms with Gasteiger partial charge in [-0.3, -0.25) is 4.68 Å². The second kappa shape index (κ2) is 5.73. The van der Waals surface area contributed by atoms with Crippen LogP contribution in [-0.4, -0.2) is 19.7 Å². The third kappa shape index (κ3) is 3.13. The highest BCUT2D eigenvalue weighted by atomic mass is 15.3. The van der Waals surface area contributed by atoms with Crippen molar-refractivity contribution in [3.05, 3.63) is 41.2 Å². The second-order valence-corrected chi connectivity index (χ2v) is 4.33. The molecule has 0 radical (unpaired) electrons. The summed E-state index contributed by atoms with van der Waals surface area (Å²) in [5.74, 6) is 0.810. The summed E-state index contributed by atoms with van der Waals surface area (Å²) in [4.78, 5) is 8.44. The van der Waals surface area contributed by atoms with Gasteiger partial charge in [0, 0.05) is 38.1 Å². The zero-order valence-electron chi connectivity index (χ0n) is 11.1. The van der Waals surface area contributed by atoms with Gasteiger partial charge in [0.1, 0.15) is 5.82 Å². The SMILES string of the molecule is CCc1nn(C)cc1CNCc1ccnc(C)n1. The van der Waals surface area contributed by atoms with Gasteiger partial charge in [0.25, 0.3) is 0 Å². The first-order chi connectivity index (χ1) is 8.69. The van der Waals surface area contributed by atoms with E-state index in [2.05, 4.69) is 33.5 Å². The molecule has 0 aliphatic heterocycles. The molecule has 0 spiro atoms. The standard InChI is InChI=1S/C13H19N5/c1-4-13-11(9-18(3)17-13)7-14-8-12-5-6-15-10(2)16-12/h5-6,9,14H,4,7-8H2,1-3H3. The van der Waals surface area contributed by atoms with Crippen molar-refractivity contribution in [1.82, 2.24) is 25.1 Å². The molecule has 0 fully saturated rings. The minimum absolute atomic E-state index is 0.751. The van der Waals surface area contributed by atoms with Gasteiger partial charge in [0.2, 0.25) is 0 Å². The Kier molecular flexibility index (Phi) is 4.04.